The van der Waals surface area contributed by atoms with Crippen LogP contribution in [0.25, 0.3) is 0 Å². The lowest BCUT2D eigenvalue weighted by molar-refractivity contribution is 0.109. The van der Waals surface area contributed by atoms with Gasteiger partial charge >= 0.3 is 6.09 Å². The first-order chi connectivity index (χ1) is 13.0. The summed E-state index contributed by atoms with van der Waals surface area (Å²) in [5.41, 5.74) is 2.70. The van der Waals surface area contributed by atoms with Gasteiger partial charge in [0.25, 0.3) is 0 Å². The van der Waals surface area contributed by atoms with E-state index < -0.39 is 6.10 Å². The lowest BCUT2D eigenvalue weighted by Gasteiger charge is -2.30. The van der Waals surface area contributed by atoms with Gasteiger partial charge in [-0.3, -0.25) is 0 Å². The SMILES string of the molecule is CCOC(=O)N(C)CCC1=CC(O)CC2Oc3c(OC)ccc(CO)c3C12. The largest absolute Gasteiger partial charge is 0.493 e. The third-order valence-electron chi connectivity index (χ3n) is 5.19. The highest BCUT2D eigenvalue weighted by Gasteiger charge is 2.43. The number of hydrogen-bond acceptors (Lipinski definition) is 6. The second-order valence-corrected chi connectivity index (χ2v) is 6.88. The van der Waals surface area contributed by atoms with Crippen LogP contribution in [0.3, 0.4) is 0 Å². The molecule has 1 aromatic rings. The Morgan fingerprint density at radius 1 is 1.41 bits per heavy atom. The summed E-state index contributed by atoms with van der Waals surface area (Å²) in [6.45, 7) is 2.47. The lowest BCUT2D eigenvalue weighted by atomic mass is 9.78. The molecule has 148 valence electrons. The minimum Gasteiger partial charge on any atom is -0.493 e. The first kappa shape index (κ1) is 19.5. The number of ether oxygens (including phenoxy) is 3. The second kappa shape index (κ2) is 8.19. The molecular formula is C20H27NO6. The molecule has 7 nitrogen and oxygen atoms in total. The summed E-state index contributed by atoms with van der Waals surface area (Å²) in [6, 6.07) is 3.63. The summed E-state index contributed by atoms with van der Waals surface area (Å²) < 4.78 is 16.6. The van der Waals surface area contributed by atoms with Crippen LogP contribution in [-0.4, -0.2) is 60.7 Å². The maximum Gasteiger partial charge on any atom is 0.409 e. The number of carbonyl (C=O) groups excluding carboxylic acids is 1. The van der Waals surface area contributed by atoms with E-state index >= 15 is 0 Å². The summed E-state index contributed by atoms with van der Waals surface area (Å²) in [5.74, 6) is 1.18. The van der Waals surface area contributed by atoms with Gasteiger partial charge in [-0.25, -0.2) is 4.79 Å². The van der Waals surface area contributed by atoms with E-state index in [1.54, 1.807) is 27.1 Å². The van der Waals surface area contributed by atoms with Crippen LogP contribution in [-0.2, 0) is 11.3 Å². The highest BCUT2D eigenvalue weighted by Crippen LogP contribution is 2.52. The van der Waals surface area contributed by atoms with Gasteiger partial charge in [-0.05, 0) is 25.0 Å². The number of nitrogens with zero attached hydrogens (tertiary/aromatic N) is 1. The Balaban J connectivity index is 1.88. The zero-order valence-corrected chi connectivity index (χ0v) is 16.0. The van der Waals surface area contributed by atoms with E-state index in [-0.39, 0.29) is 24.7 Å². The number of aliphatic hydroxyl groups excluding tert-OH is 2. The van der Waals surface area contributed by atoms with Gasteiger partial charge in [0.05, 0.1) is 26.4 Å². The fourth-order valence-electron chi connectivity index (χ4n) is 3.91. The highest BCUT2D eigenvalue weighted by atomic mass is 16.6. The average Bonchev–Trinajstić information content (AvgIpc) is 3.04. The predicted octanol–water partition coefficient (Wildman–Crippen LogP) is 2.20. The molecule has 0 fully saturated rings. The number of fused-ring (bicyclic) bond motifs is 3. The van der Waals surface area contributed by atoms with Crippen LogP contribution in [0.1, 0.15) is 36.8 Å². The number of aliphatic hydroxyl groups is 2. The summed E-state index contributed by atoms with van der Waals surface area (Å²) in [6.07, 6.45) is 1.71. The molecule has 2 N–H and O–H groups in total. The number of carbonyl (C=O) groups is 1. The molecule has 0 saturated heterocycles. The van der Waals surface area contributed by atoms with Crippen molar-refractivity contribution in [1.29, 1.82) is 0 Å². The van der Waals surface area contributed by atoms with Crippen molar-refractivity contribution < 1.29 is 29.2 Å². The monoisotopic (exact) mass is 377 g/mol. The molecular weight excluding hydrogens is 350 g/mol. The van der Waals surface area contributed by atoms with E-state index in [1.807, 2.05) is 12.1 Å². The van der Waals surface area contributed by atoms with Crippen LogP contribution < -0.4 is 9.47 Å². The highest BCUT2D eigenvalue weighted by molar-refractivity contribution is 5.67. The molecule has 3 unspecified atom stereocenters. The van der Waals surface area contributed by atoms with Crippen LogP contribution >= 0.6 is 0 Å². The minimum atomic E-state index is -0.605. The number of amides is 1. The zero-order valence-electron chi connectivity index (χ0n) is 16.0. The van der Waals surface area contributed by atoms with E-state index in [0.29, 0.717) is 37.5 Å². The molecule has 1 amide bonds. The molecule has 3 atom stereocenters. The molecule has 0 bridgehead atoms. The van der Waals surface area contributed by atoms with E-state index in [1.165, 1.54) is 4.90 Å². The van der Waals surface area contributed by atoms with Gasteiger partial charge < -0.3 is 29.3 Å². The molecule has 1 aromatic carbocycles. The lowest BCUT2D eigenvalue weighted by Crippen LogP contribution is -2.33. The van der Waals surface area contributed by atoms with Crippen molar-refractivity contribution in [3.05, 3.63) is 34.9 Å². The smallest absolute Gasteiger partial charge is 0.409 e. The second-order valence-electron chi connectivity index (χ2n) is 6.88. The van der Waals surface area contributed by atoms with E-state index in [0.717, 1.165) is 16.7 Å². The van der Waals surface area contributed by atoms with Gasteiger partial charge in [-0.15, -0.1) is 0 Å². The number of benzene rings is 1. The molecule has 0 radical (unpaired) electrons. The molecule has 0 aromatic heterocycles. The van der Waals surface area contributed by atoms with Crippen LogP contribution in [0.4, 0.5) is 4.79 Å². The number of methoxy groups -OCH3 is 1. The standard InChI is InChI=1S/C20H27NO6/c1-4-26-20(24)21(2)8-7-12-9-14(23)10-16-17(12)18-13(11-22)5-6-15(25-3)19(18)27-16/h5-6,9,14,16-17,22-23H,4,7-8,10-11H2,1-3H3. The Morgan fingerprint density at radius 2 is 2.19 bits per heavy atom. The Hall–Kier alpha value is -2.25. The first-order valence-corrected chi connectivity index (χ1v) is 9.23. The number of rotatable bonds is 6. The van der Waals surface area contributed by atoms with Crippen molar-refractivity contribution >= 4 is 6.09 Å². The maximum atomic E-state index is 11.9. The van der Waals surface area contributed by atoms with E-state index in [4.69, 9.17) is 14.2 Å². The molecule has 1 aliphatic carbocycles. The Morgan fingerprint density at radius 3 is 2.85 bits per heavy atom. The maximum absolute atomic E-state index is 11.9. The molecule has 3 rings (SSSR count). The molecule has 2 aliphatic rings. The fraction of sp³-hybridized carbons (Fsp3) is 0.550. The van der Waals surface area contributed by atoms with Crippen molar-refractivity contribution in [1.82, 2.24) is 4.90 Å². The first-order valence-electron chi connectivity index (χ1n) is 9.23. The quantitative estimate of drug-likeness (QED) is 0.739. The fourth-order valence-corrected chi connectivity index (χ4v) is 3.91. The number of hydrogen-bond donors (Lipinski definition) is 2. The van der Waals surface area contributed by atoms with Crippen molar-refractivity contribution in [2.75, 3.05) is 27.3 Å². The average molecular weight is 377 g/mol. The van der Waals surface area contributed by atoms with Gasteiger partial charge in [0, 0.05) is 31.5 Å². The third-order valence-corrected chi connectivity index (χ3v) is 5.19. The third kappa shape index (κ3) is 3.75. The van der Waals surface area contributed by atoms with Crippen molar-refractivity contribution in [2.24, 2.45) is 0 Å². The summed E-state index contributed by atoms with van der Waals surface area (Å²) in [5, 5.41) is 20.1. The summed E-state index contributed by atoms with van der Waals surface area (Å²) in [7, 11) is 3.27. The Bertz CT molecular complexity index is 731. The summed E-state index contributed by atoms with van der Waals surface area (Å²) in [4.78, 5) is 13.4. The van der Waals surface area contributed by atoms with Crippen LogP contribution in [0, 0.1) is 0 Å². The predicted molar refractivity (Wildman–Crippen MR) is 99.0 cm³/mol. The van der Waals surface area contributed by atoms with E-state index in [2.05, 4.69) is 0 Å². The van der Waals surface area contributed by atoms with Gasteiger partial charge in [0.2, 0.25) is 0 Å². The van der Waals surface area contributed by atoms with Crippen LogP contribution in [0.2, 0.25) is 0 Å². The van der Waals surface area contributed by atoms with Crippen LogP contribution in [0.5, 0.6) is 11.5 Å². The van der Waals surface area contributed by atoms with Crippen LogP contribution in [0.15, 0.2) is 23.8 Å². The van der Waals surface area contributed by atoms with Crippen molar-refractivity contribution in [3.8, 4) is 11.5 Å². The van der Waals surface area contributed by atoms with Gasteiger partial charge in [0.1, 0.15) is 6.10 Å². The molecule has 27 heavy (non-hydrogen) atoms. The molecule has 1 heterocycles. The van der Waals surface area contributed by atoms with Crippen molar-refractivity contribution in [2.45, 2.75) is 44.5 Å². The van der Waals surface area contributed by atoms with Gasteiger partial charge in [0.15, 0.2) is 11.5 Å². The van der Waals surface area contributed by atoms with Gasteiger partial charge in [-0.2, -0.15) is 0 Å². The molecule has 0 saturated carbocycles. The van der Waals surface area contributed by atoms with E-state index in [9.17, 15) is 15.0 Å². The molecule has 1 aliphatic heterocycles. The Kier molecular flexibility index (Phi) is 5.92. The van der Waals surface area contributed by atoms with Crippen molar-refractivity contribution in [3.63, 3.8) is 0 Å². The minimum absolute atomic E-state index is 0.0729. The zero-order chi connectivity index (χ0) is 19.6. The topological polar surface area (TPSA) is 88.5 Å². The Labute approximate surface area is 159 Å². The molecule has 0 spiro atoms. The normalized spacial score (nSPS) is 23.0. The van der Waals surface area contributed by atoms with Gasteiger partial charge in [-0.1, -0.05) is 17.7 Å². The molecule has 7 heteroatoms. The summed E-state index contributed by atoms with van der Waals surface area (Å²) >= 11 is 0.